The van der Waals surface area contributed by atoms with Crippen LogP contribution < -0.4 is 19.6 Å². The van der Waals surface area contributed by atoms with Crippen molar-refractivity contribution in [2.24, 2.45) is 5.29 Å². The molecule has 0 aromatic rings. The van der Waals surface area contributed by atoms with Crippen molar-refractivity contribution in [3.63, 3.8) is 0 Å². The molecule has 0 atom stereocenters. The van der Waals surface area contributed by atoms with Crippen molar-refractivity contribution >= 4 is 15.2 Å². The Bertz CT molecular complexity index is 385. The number of nitroso groups, excluding NO2 is 1. The van der Waals surface area contributed by atoms with E-state index < -0.39 is 26.6 Å². The van der Waals surface area contributed by atoms with Gasteiger partial charge in [-0.15, -0.1) is 4.91 Å². The van der Waals surface area contributed by atoms with Crippen molar-refractivity contribution in [1.82, 2.24) is 5.01 Å². The maximum atomic E-state index is 11.1. The Hall–Kier alpha value is 0.917. The summed E-state index contributed by atoms with van der Waals surface area (Å²) in [5, 5.41) is -0.948. The first-order valence-electron chi connectivity index (χ1n) is 4.82. The van der Waals surface area contributed by atoms with Gasteiger partial charge in [-0.3, -0.25) is 0 Å². The van der Waals surface area contributed by atoms with Crippen molar-refractivity contribution in [3.05, 3.63) is 29.5 Å². The molecular weight excluding hydrogens is 720 g/mol. The van der Waals surface area contributed by atoms with Crippen LogP contribution in [0.5, 0.6) is 0 Å². The Labute approximate surface area is 162 Å². The van der Waals surface area contributed by atoms with Gasteiger partial charge in [0.1, 0.15) is 5.02 Å². The number of rotatable bonds is 3. The van der Waals surface area contributed by atoms with Gasteiger partial charge in [-0.05, 0) is 28.0 Å². The van der Waals surface area contributed by atoms with Gasteiger partial charge in [0.25, 0.3) is 0 Å². The predicted octanol–water partition coefficient (Wildman–Crippen LogP) is 0.888. The zero-order valence-electron chi connectivity index (χ0n) is 11.6. The third kappa shape index (κ3) is 7.77. The van der Waals surface area contributed by atoms with Crippen LogP contribution in [0.1, 0.15) is 25.7 Å². The van der Waals surface area contributed by atoms with Crippen LogP contribution in [-0.4, -0.2) is 16.6 Å². The smallest absolute Gasteiger partial charge is 0.809 e. The first kappa shape index (κ1) is 39.1. The Kier molecular flexibility index (Phi) is 24.0. The molecule has 0 saturated carbocycles. The van der Waals surface area contributed by atoms with Crippen LogP contribution in [0.4, 0.5) is 0 Å². The molecule has 1 saturated heterocycles. The summed E-state index contributed by atoms with van der Waals surface area (Å²) in [6, 6.07) is 0. The van der Waals surface area contributed by atoms with Crippen LogP contribution in [0, 0.1) is 4.91 Å². The van der Waals surface area contributed by atoms with Crippen molar-refractivity contribution in [2.75, 3.05) is 6.54 Å². The Morgan fingerprint density at radius 3 is 1.52 bits per heavy atom. The fraction of sp³-hybridized carbons (Fsp3) is 1.00. The quantitative estimate of drug-likeness (QED) is 0.295. The zero-order chi connectivity index (χ0) is 13.3. The van der Waals surface area contributed by atoms with Gasteiger partial charge in [-0.25, -0.2) is 5.01 Å². The fourth-order valence-corrected chi connectivity index (χ4v) is 4.82. The molecule has 1 aliphatic rings. The number of nitrogens with two attached hydrogens (primary N) is 4. The third-order valence-electron chi connectivity index (χ3n) is 2.77. The minimum absolute atomic E-state index is 0. The number of hydrogen-bond donors (Lipinski definition) is 0. The van der Waals surface area contributed by atoms with Gasteiger partial charge in [0.15, 0.2) is 0 Å². The zero-order valence-corrected chi connectivity index (χ0v) is 18.0. The van der Waals surface area contributed by atoms with E-state index in [4.69, 9.17) is 0 Å². The van der Waals surface area contributed by atoms with Gasteiger partial charge in [-0.1, -0.05) is 12.8 Å². The molecule has 0 aliphatic carbocycles. The van der Waals surface area contributed by atoms with E-state index in [0.29, 0.717) is 6.42 Å². The molecule has 1 rings (SSSR count). The first-order valence-corrected chi connectivity index (χ1v) is 7.90. The molecule has 0 amide bonds. The van der Waals surface area contributed by atoms with Crippen LogP contribution in [0.25, 0.3) is 24.6 Å². The Morgan fingerprint density at radius 1 is 0.826 bits per heavy atom. The normalized spacial score (nSPS) is 16.3. The van der Waals surface area contributed by atoms with Gasteiger partial charge in [0.05, 0.1) is 5.29 Å². The van der Waals surface area contributed by atoms with Gasteiger partial charge in [-0.2, -0.15) is 0 Å². The minimum Gasteiger partial charge on any atom is -0.809 e. The molecule has 17 heteroatoms. The second-order valence-corrected chi connectivity index (χ2v) is 7.61. The minimum atomic E-state index is -5.85. The van der Waals surface area contributed by atoms with Crippen molar-refractivity contribution < 1.29 is 70.8 Å². The summed E-state index contributed by atoms with van der Waals surface area (Å²) in [6.07, 6.45) is 0.0313. The van der Waals surface area contributed by atoms with E-state index in [1.807, 2.05) is 0 Å². The SMILES string of the molecule is O=NN1CCCCCC1(P(=O)([O-])[O-])P(=O)([O-])[O-].[NH2-].[NH2-].[NH2-].[NH2-].[Pt+4].[Pt+4]. The average Bonchev–Trinajstić information content (AvgIpc) is 2.36. The van der Waals surface area contributed by atoms with Crippen LogP contribution in [0.3, 0.4) is 0 Å². The topological polar surface area (TPSA) is 293 Å². The molecule has 13 nitrogen and oxygen atoms in total. The molecule has 0 spiro atoms. The second-order valence-electron chi connectivity index (χ2n) is 3.78. The molecule has 1 heterocycles. The molecule has 1 fully saturated rings. The summed E-state index contributed by atoms with van der Waals surface area (Å²) < 4.78 is 22.3. The van der Waals surface area contributed by atoms with Gasteiger partial charge in [0.2, 0.25) is 0 Å². The van der Waals surface area contributed by atoms with Crippen molar-refractivity contribution in [1.29, 1.82) is 0 Å². The van der Waals surface area contributed by atoms with E-state index in [2.05, 4.69) is 5.29 Å². The molecule has 8 N–H and O–H groups in total. The molecule has 0 bridgehead atoms. The Morgan fingerprint density at radius 2 is 1.22 bits per heavy atom. The van der Waals surface area contributed by atoms with E-state index in [1.165, 1.54) is 0 Å². The molecule has 0 unspecified atom stereocenters. The molecule has 23 heavy (non-hydrogen) atoms. The van der Waals surface area contributed by atoms with Gasteiger partial charge >= 0.3 is 42.1 Å². The molecule has 0 radical (unpaired) electrons. The summed E-state index contributed by atoms with van der Waals surface area (Å²) in [5.74, 6) is 0. The monoisotopic (exact) mass is 738 g/mol. The summed E-state index contributed by atoms with van der Waals surface area (Å²) in [4.78, 5) is 55.0. The van der Waals surface area contributed by atoms with E-state index in [1.54, 1.807) is 0 Å². The van der Waals surface area contributed by atoms with E-state index in [-0.39, 0.29) is 91.1 Å². The van der Waals surface area contributed by atoms with E-state index in [0.717, 1.165) is 0 Å². The molecule has 144 valence electrons. The summed E-state index contributed by atoms with van der Waals surface area (Å²) >= 11 is 0. The summed E-state index contributed by atoms with van der Waals surface area (Å²) in [7, 11) is -11.7. The maximum absolute atomic E-state index is 11.1. The molecule has 0 aromatic carbocycles. The number of nitrogens with zero attached hydrogens (tertiary/aromatic N) is 2. The van der Waals surface area contributed by atoms with Crippen molar-refractivity contribution in [2.45, 2.75) is 30.7 Å². The predicted molar refractivity (Wildman–Crippen MR) is 70.1 cm³/mol. The third-order valence-corrected chi connectivity index (χ3v) is 6.90. The van der Waals surface area contributed by atoms with Crippen LogP contribution in [0.2, 0.25) is 0 Å². The standard InChI is InChI=1S/C6H14N2O7P2.4H2N.2Pt/c9-7-8-5-3-1-2-4-6(8,16(10,11)12)17(13,14)15;;;;;;/h1-5H2,(H2,10,11,12)(H2,13,14,15);4*1H2;;/q;4*-1;2*+4/p-4. The summed E-state index contributed by atoms with van der Waals surface area (Å²) in [6.45, 7) is -0.341. The van der Waals surface area contributed by atoms with E-state index >= 15 is 0 Å². The van der Waals surface area contributed by atoms with Gasteiger partial charge < -0.3 is 53.3 Å². The number of hydrogen-bond acceptors (Lipinski definition) is 8. The molecule has 1 aliphatic heterocycles. The maximum Gasteiger partial charge on any atom is 4.00 e. The second kappa shape index (κ2) is 14.1. The Balaban J connectivity index is -0.000000120. The fourth-order valence-electron chi connectivity index (χ4n) is 1.92. The summed E-state index contributed by atoms with van der Waals surface area (Å²) in [5.41, 5.74) is 0. The first-order chi connectivity index (χ1) is 7.67. The van der Waals surface area contributed by atoms with Crippen molar-refractivity contribution in [3.8, 4) is 0 Å². The van der Waals surface area contributed by atoms with Crippen LogP contribution in [-0.2, 0) is 51.3 Å². The van der Waals surface area contributed by atoms with Crippen LogP contribution in [0.15, 0.2) is 5.29 Å². The van der Waals surface area contributed by atoms with E-state index in [9.17, 15) is 33.6 Å². The van der Waals surface area contributed by atoms with Crippen LogP contribution >= 0.6 is 15.2 Å². The van der Waals surface area contributed by atoms with Gasteiger partial charge in [0, 0.05) is 6.54 Å². The largest absolute Gasteiger partial charge is 4.00 e. The molecular formula is C6H18N6O7P2Pt2. The average molecular weight is 738 g/mol. The molecule has 0 aromatic heterocycles.